The maximum atomic E-state index is 4.76. The van der Waals surface area contributed by atoms with Gasteiger partial charge in [0.05, 0.1) is 23.0 Å². The molecule has 1 fully saturated rings. The van der Waals surface area contributed by atoms with Gasteiger partial charge in [-0.15, -0.1) is 0 Å². The van der Waals surface area contributed by atoms with E-state index in [-0.39, 0.29) is 0 Å². The van der Waals surface area contributed by atoms with Crippen LogP contribution in [0, 0.1) is 6.92 Å². The summed E-state index contributed by atoms with van der Waals surface area (Å²) in [5.41, 5.74) is 5.19. The fourth-order valence-corrected chi connectivity index (χ4v) is 3.41. The molecular weight excluding hydrogens is 350 g/mol. The summed E-state index contributed by atoms with van der Waals surface area (Å²) in [6, 6.07) is 13.0. The molecule has 4 aromatic rings. The van der Waals surface area contributed by atoms with E-state index in [1.165, 1.54) is 18.4 Å². The minimum atomic E-state index is 0.559. The maximum absolute atomic E-state index is 4.76. The Morgan fingerprint density at radius 3 is 2.71 bits per heavy atom. The Morgan fingerprint density at radius 2 is 1.93 bits per heavy atom. The quantitative estimate of drug-likeness (QED) is 0.553. The summed E-state index contributed by atoms with van der Waals surface area (Å²) in [5.74, 6) is 1.67. The van der Waals surface area contributed by atoms with Gasteiger partial charge in [0.2, 0.25) is 0 Å². The smallest absolute Gasteiger partial charge is 0.161 e. The molecule has 1 saturated carbocycles. The molecule has 0 spiro atoms. The van der Waals surface area contributed by atoms with Crippen LogP contribution in [0.5, 0.6) is 0 Å². The lowest BCUT2D eigenvalue weighted by atomic mass is 10.1. The van der Waals surface area contributed by atoms with Gasteiger partial charge in [0.1, 0.15) is 11.6 Å². The Bertz CT molecular complexity index is 1170. The van der Waals surface area contributed by atoms with E-state index in [1.54, 1.807) is 4.68 Å². The van der Waals surface area contributed by atoms with Crippen LogP contribution in [-0.2, 0) is 14.1 Å². The van der Waals surface area contributed by atoms with Crippen molar-refractivity contribution < 1.29 is 0 Å². The highest BCUT2D eigenvalue weighted by Gasteiger charge is 2.23. The zero-order valence-electron chi connectivity index (χ0n) is 16.3. The molecule has 3 aromatic heterocycles. The molecule has 0 radical (unpaired) electrons. The molecule has 1 aliphatic carbocycles. The number of fused-ring (bicyclic) bond motifs is 1. The average molecular weight is 373 g/mol. The second kappa shape index (κ2) is 6.37. The first-order chi connectivity index (χ1) is 13.6. The van der Waals surface area contributed by atoms with E-state index in [4.69, 9.17) is 4.98 Å². The Kier molecular flexibility index (Phi) is 3.82. The van der Waals surface area contributed by atoms with Gasteiger partial charge < -0.3 is 10.6 Å². The summed E-state index contributed by atoms with van der Waals surface area (Å²) in [7, 11) is 3.85. The third-order valence-corrected chi connectivity index (χ3v) is 5.09. The Hall–Kier alpha value is -3.35. The first-order valence-corrected chi connectivity index (χ1v) is 9.54. The van der Waals surface area contributed by atoms with Crippen molar-refractivity contribution >= 4 is 28.4 Å². The lowest BCUT2D eigenvalue weighted by Gasteiger charge is -2.11. The largest absolute Gasteiger partial charge is 0.382 e. The van der Waals surface area contributed by atoms with Crippen molar-refractivity contribution in [2.75, 3.05) is 10.6 Å². The van der Waals surface area contributed by atoms with E-state index in [1.807, 2.05) is 25.0 Å². The van der Waals surface area contributed by atoms with Crippen LogP contribution < -0.4 is 10.6 Å². The summed E-state index contributed by atoms with van der Waals surface area (Å²) < 4.78 is 3.65. The van der Waals surface area contributed by atoms with Crippen LogP contribution >= 0.6 is 0 Å². The summed E-state index contributed by atoms with van der Waals surface area (Å²) in [6.45, 7) is 2.09. The normalized spacial score (nSPS) is 13.8. The predicted molar refractivity (Wildman–Crippen MR) is 112 cm³/mol. The number of benzene rings is 1. The summed E-state index contributed by atoms with van der Waals surface area (Å²) in [6.07, 6.45) is 4.31. The first kappa shape index (κ1) is 16.8. The minimum absolute atomic E-state index is 0.559. The number of rotatable bonds is 5. The van der Waals surface area contributed by atoms with Crippen molar-refractivity contribution in [3.8, 4) is 11.3 Å². The maximum Gasteiger partial charge on any atom is 0.161 e. The molecule has 142 valence electrons. The van der Waals surface area contributed by atoms with Gasteiger partial charge in [0.25, 0.3) is 0 Å². The second-order valence-corrected chi connectivity index (χ2v) is 7.51. The number of aromatic nitrogens is 5. The van der Waals surface area contributed by atoms with E-state index in [2.05, 4.69) is 64.2 Å². The lowest BCUT2D eigenvalue weighted by Crippen LogP contribution is -2.05. The number of pyridine rings is 1. The number of aryl methyl sites for hydroxylation is 3. The molecule has 0 atom stereocenters. The molecule has 0 amide bonds. The molecule has 0 saturated heterocycles. The molecular formula is C21H23N7. The fraction of sp³-hybridized carbons (Fsp3) is 0.286. The van der Waals surface area contributed by atoms with Crippen LogP contribution in [0.25, 0.3) is 22.3 Å². The van der Waals surface area contributed by atoms with E-state index in [0.717, 1.165) is 39.6 Å². The minimum Gasteiger partial charge on any atom is -0.382 e. The highest BCUT2D eigenvalue weighted by Crippen LogP contribution is 2.32. The van der Waals surface area contributed by atoms with Crippen LogP contribution in [0.1, 0.15) is 18.4 Å². The third kappa shape index (κ3) is 3.09. The molecule has 0 bridgehead atoms. The SMILES string of the molecule is Cc1cccc(-c2cc(Nc3cc(NC4CC4)c4cnn(C)c4n3)n(C)n2)c1. The number of hydrogen-bond acceptors (Lipinski definition) is 5. The highest BCUT2D eigenvalue weighted by atomic mass is 15.3. The number of anilines is 3. The van der Waals surface area contributed by atoms with Gasteiger partial charge in [-0.3, -0.25) is 9.36 Å². The molecule has 7 nitrogen and oxygen atoms in total. The topological polar surface area (TPSA) is 72.6 Å². The van der Waals surface area contributed by atoms with Gasteiger partial charge in [-0.1, -0.05) is 23.8 Å². The van der Waals surface area contributed by atoms with Crippen molar-refractivity contribution in [1.29, 1.82) is 0 Å². The first-order valence-electron chi connectivity index (χ1n) is 9.54. The second-order valence-electron chi connectivity index (χ2n) is 7.51. The van der Waals surface area contributed by atoms with Gasteiger partial charge in [-0.2, -0.15) is 10.2 Å². The van der Waals surface area contributed by atoms with Crippen LogP contribution in [0.15, 0.2) is 42.6 Å². The molecule has 1 aliphatic rings. The van der Waals surface area contributed by atoms with Crippen LogP contribution in [0.4, 0.5) is 17.3 Å². The van der Waals surface area contributed by atoms with Crippen molar-refractivity contribution in [2.45, 2.75) is 25.8 Å². The molecule has 28 heavy (non-hydrogen) atoms. The van der Waals surface area contributed by atoms with Gasteiger partial charge >= 0.3 is 0 Å². The molecule has 5 rings (SSSR count). The summed E-state index contributed by atoms with van der Waals surface area (Å²) in [5, 5.41) is 17.1. The van der Waals surface area contributed by atoms with Crippen LogP contribution in [-0.4, -0.2) is 30.6 Å². The Balaban J connectivity index is 1.50. The van der Waals surface area contributed by atoms with E-state index < -0.39 is 0 Å². The Morgan fingerprint density at radius 1 is 1.07 bits per heavy atom. The van der Waals surface area contributed by atoms with Crippen LogP contribution in [0.3, 0.4) is 0 Å². The number of nitrogens with zero attached hydrogens (tertiary/aromatic N) is 5. The van der Waals surface area contributed by atoms with Gasteiger partial charge in [0, 0.05) is 37.8 Å². The standard InChI is InChI=1S/C21H23N7/c1-13-5-4-6-14(9-13)17-11-20(27(2)26-17)24-19-10-18(23-15-7-8-15)16-12-22-28(3)21(16)25-19/h4-6,9-12,15H,7-8H2,1-3H3,(H2,23,24,25). The molecule has 1 aromatic carbocycles. The van der Waals surface area contributed by atoms with E-state index in [9.17, 15) is 0 Å². The Labute approximate surface area is 163 Å². The molecule has 0 aliphatic heterocycles. The average Bonchev–Trinajstić information content (AvgIpc) is 3.31. The summed E-state index contributed by atoms with van der Waals surface area (Å²) >= 11 is 0. The molecule has 3 heterocycles. The molecule has 7 heteroatoms. The van der Waals surface area contributed by atoms with Crippen molar-refractivity contribution in [3.63, 3.8) is 0 Å². The number of nitrogens with one attached hydrogen (secondary N) is 2. The molecule has 2 N–H and O–H groups in total. The van der Waals surface area contributed by atoms with Crippen molar-refractivity contribution in [3.05, 3.63) is 48.2 Å². The zero-order chi connectivity index (χ0) is 19.3. The fourth-order valence-electron chi connectivity index (χ4n) is 3.41. The third-order valence-electron chi connectivity index (χ3n) is 5.09. The highest BCUT2D eigenvalue weighted by molar-refractivity contribution is 5.91. The van der Waals surface area contributed by atoms with Gasteiger partial charge in [0.15, 0.2) is 5.65 Å². The number of hydrogen-bond donors (Lipinski definition) is 2. The van der Waals surface area contributed by atoms with Gasteiger partial charge in [-0.25, -0.2) is 4.98 Å². The van der Waals surface area contributed by atoms with Gasteiger partial charge in [-0.05, 0) is 25.8 Å². The molecule has 0 unspecified atom stereocenters. The van der Waals surface area contributed by atoms with Crippen molar-refractivity contribution in [2.24, 2.45) is 14.1 Å². The lowest BCUT2D eigenvalue weighted by molar-refractivity contribution is 0.777. The van der Waals surface area contributed by atoms with Crippen LogP contribution in [0.2, 0.25) is 0 Å². The predicted octanol–water partition coefficient (Wildman–Crippen LogP) is 4.00. The van der Waals surface area contributed by atoms with E-state index in [0.29, 0.717) is 6.04 Å². The monoisotopic (exact) mass is 373 g/mol. The zero-order valence-corrected chi connectivity index (χ0v) is 16.3. The van der Waals surface area contributed by atoms with E-state index >= 15 is 0 Å². The van der Waals surface area contributed by atoms with Crippen molar-refractivity contribution in [1.82, 2.24) is 24.5 Å². The summed E-state index contributed by atoms with van der Waals surface area (Å²) in [4.78, 5) is 4.76.